The van der Waals surface area contributed by atoms with E-state index in [2.05, 4.69) is 36.8 Å². The van der Waals surface area contributed by atoms with Crippen LogP contribution in [0.4, 0.5) is 11.4 Å². The monoisotopic (exact) mass is 910 g/mol. The highest BCUT2D eigenvalue weighted by Gasteiger charge is 2.49. The van der Waals surface area contributed by atoms with Gasteiger partial charge in [-0.1, -0.05) is 30.3 Å². The minimum atomic E-state index is -1.11. The Balaban J connectivity index is 0.710. The minimum Gasteiger partial charge on any atom is -0.347 e. The molecule has 1 spiro atoms. The van der Waals surface area contributed by atoms with Crippen LogP contribution < -0.4 is 21.3 Å². The van der Waals surface area contributed by atoms with Crippen LogP contribution >= 0.6 is 0 Å². The molecule has 348 valence electrons. The predicted molar refractivity (Wildman–Crippen MR) is 246 cm³/mol. The van der Waals surface area contributed by atoms with E-state index in [1.54, 1.807) is 25.1 Å². The summed E-state index contributed by atoms with van der Waals surface area (Å²) in [4.78, 5) is 112. The third-order valence-corrected chi connectivity index (χ3v) is 13.7. The van der Waals surface area contributed by atoms with Gasteiger partial charge in [0.05, 0.1) is 35.4 Å². The van der Waals surface area contributed by atoms with Gasteiger partial charge in [-0.2, -0.15) is 0 Å². The molecule has 3 fully saturated rings. The normalized spacial score (nSPS) is 19.3. The average Bonchev–Trinajstić information content (AvgIpc) is 3.84. The maximum atomic E-state index is 13.6. The smallest absolute Gasteiger partial charge is 0.268 e. The summed E-state index contributed by atoms with van der Waals surface area (Å²) in [6, 6.07) is 22.7. The molecule has 1 atom stereocenters. The van der Waals surface area contributed by atoms with Gasteiger partial charge in [0.1, 0.15) is 11.7 Å². The largest absolute Gasteiger partial charge is 0.347 e. The van der Waals surface area contributed by atoms with Crippen LogP contribution in [0.2, 0.25) is 0 Å². The summed E-state index contributed by atoms with van der Waals surface area (Å²) < 4.78 is 2.17. The number of nitrogens with zero attached hydrogens (tertiary/aromatic N) is 6. The number of imide groups is 2. The third-order valence-electron chi connectivity index (χ3n) is 13.7. The van der Waals surface area contributed by atoms with Crippen LogP contribution in [0.5, 0.6) is 0 Å². The van der Waals surface area contributed by atoms with Crippen molar-refractivity contribution in [1.29, 1.82) is 0 Å². The molecule has 5 heterocycles. The average molecular weight is 911 g/mol. The second-order valence-electron chi connectivity index (χ2n) is 18.2. The molecule has 4 N–H and O–H groups in total. The Morgan fingerprint density at radius 3 is 2.06 bits per heavy atom. The quantitative estimate of drug-likeness (QED) is 0.144. The van der Waals surface area contributed by atoms with E-state index in [4.69, 9.17) is 0 Å². The molecule has 0 bridgehead atoms. The fourth-order valence-electron chi connectivity index (χ4n) is 9.96. The zero-order valence-electron chi connectivity index (χ0n) is 37.6. The molecule has 1 aliphatic carbocycles. The number of rotatable bonds is 13. The highest BCUT2D eigenvalue weighted by molar-refractivity contribution is 6.26. The van der Waals surface area contributed by atoms with Crippen LogP contribution in [0.15, 0.2) is 78.9 Å². The number of aromatic nitrogens is 1. The van der Waals surface area contributed by atoms with E-state index in [9.17, 15) is 38.4 Å². The van der Waals surface area contributed by atoms with Gasteiger partial charge in [0.25, 0.3) is 23.6 Å². The molecule has 1 saturated carbocycles. The summed E-state index contributed by atoms with van der Waals surface area (Å²) in [5.41, 5.74) is 5.33. The summed E-state index contributed by atoms with van der Waals surface area (Å²) >= 11 is 0. The second-order valence-corrected chi connectivity index (χ2v) is 18.2. The van der Waals surface area contributed by atoms with Gasteiger partial charge in [0, 0.05) is 89.8 Å². The Labute approximate surface area is 387 Å². The van der Waals surface area contributed by atoms with Crippen LogP contribution in [0.3, 0.4) is 0 Å². The maximum absolute atomic E-state index is 13.6. The van der Waals surface area contributed by atoms with Crippen molar-refractivity contribution in [3.8, 4) is 0 Å². The van der Waals surface area contributed by atoms with Crippen molar-refractivity contribution in [3.63, 3.8) is 0 Å². The van der Waals surface area contributed by atoms with Crippen LogP contribution in [0.25, 0.3) is 0 Å². The van der Waals surface area contributed by atoms with Gasteiger partial charge in [-0.05, 0) is 85.3 Å². The number of piperidine rings is 1. The molecule has 4 aromatic rings. The predicted octanol–water partition coefficient (Wildman–Crippen LogP) is 2.61. The number of fused-ring (bicyclic) bond motifs is 3. The highest BCUT2D eigenvalue weighted by atomic mass is 16.2. The first-order valence-electron chi connectivity index (χ1n) is 22.8. The van der Waals surface area contributed by atoms with E-state index in [1.807, 2.05) is 64.4 Å². The van der Waals surface area contributed by atoms with Gasteiger partial charge >= 0.3 is 0 Å². The third kappa shape index (κ3) is 9.11. The molecule has 2 saturated heterocycles. The summed E-state index contributed by atoms with van der Waals surface area (Å²) in [5, 5.41) is 11.0. The van der Waals surface area contributed by atoms with E-state index in [-0.39, 0.29) is 71.9 Å². The lowest BCUT2D eigenvalue weighted by Gasteiger charge is -2.53. The minimum absolute atomic E-state index is 0.00529. The zero-order chi connectivity index (χ0) is 47.0. The molecule has 8 amide bonds. The molecule has 9 rings (SSSR count). The Hall–Kier alpha value is -7.02. The van der Waals surface area contributed by atoms with Crippen molar-refractivity contribution < 1.29 is 38.4 Å². The molecule has 67 heavy (non-hydrogen) atoms. The molecule has 18 heteroatoms. The first kappa shape index (κ1) is 45.1. The molecule has 0 radical (unpaired) electrons. The molecular formula is C49H54N10O8. The van der Waals surface area contributed by atoms with Gasteiger partial charge in [-0.25, -0.2) is 0 Å². The first-order valence-corrected chi connectivity index (χ1v) is 22.8. The van der Waals surface area contributed by atoms with Crippen molar-refractivity contribution >= 4 is 58.6 Å². The van der Waals surface area contributed by atoms with Gasteiger partial charge in [-0.3, -0.25) is 63.3 Å². The second kappa shape index (κ2) is 18.7. The van der Waals surface area contributed by atoms with E-state index in [0.717, 1.165) is 48.4 Å². The number of piperazine rings is 1. The Morgan fingerprint density at radius 2 is 1.42 bits per heavy atom. The van der Waals surface area contributed by atoms with Crippen molar-refractivity contribution in [2.24, 2.45) is 0 Å². The van der Waals surface area contributed by atoms with E-state index >= 15 is 0 Å². The number of anilines is 2. The van der Waals surface area contributed by atoms with Crippen molar-refractivity contribution in [2.75, 3.05) is 70.5 Å². The van der Waals surface area contributed by atoms with Crippen molar-refractivity contribution in [1.82, 2.24) is 39.7 Å². The lowest BCUT2D eigenvalue weighted by molar-refractivity contribution is -0.136. The number of hydrogen-bond acceptors (Lipinski definition) is 11. The topological polar surface area (TPSA) is 206 Å². The van der Waals surface area contributed by atoms with Gasteiger partial charge < -0.3 is 25.4 Å². The highest BCUT2D eigenvalue weighted by Crippen LogP contribution is 2.49. The Kier molecular flexibility index (Phi) is 12.6. The molecule has 18 nitrogen and oxygen atoms in total. The summed E-state index contributed by atoms with van der Waals surface area (Å²) in [6.07, 6.45) is 3.23. The SMILES string of the molecule is CN(C)C(=O)c1ccc(CN2CCn3c(C(=O)NCc4ccc(NC(=O)CN5CCN(CC(=O)Nc6cccc7c6C(=O)N(C6CCC(=O)NC6=O)C7=O)CC5)cc4)ccc3C23CCC3)cc1. The number of benzene rings is 3. The van der Waals surface area contributed by atoms with Crippen molar-refractivity contribution in [2.45, 2.75) is 63.3 Å². The standard InChI is InChI=1S/C49H54N10O8/c1-54(2)46(65)33-11-7-32(8-12-33)28-57-25-26-58-37(15-17-39(58)49(57)19-4-20-49)44(63)50-27-31-9-13-34(14-10-31)51-41(61)29-55-21-23-56(24-22-55)30-42(62)52-36-6-3-5-35-43(36)48(67)59(47(35)66)38-16-18-40(60)53-45(38)64/h3,5-15,17,38H,4,16,18-30H2,1-2H3,(H,50,63)(H,51,61)(H,52,62)(H,53,60,64). The molecule has 1 unspecified atom stereocenters. The lowest BCUT2D eigenvalue weighted by Crippen LogP contribution is -2.56. The summed E-state index contributed by atoms with van der Waals surface area (Å²) in [5.74, 6) is -3.23. The fraction of sp³-hybridized carbons (Fsp3) is 0.388. The van der Waals surface area contributed by atoms with Gasteiger partial charge in [0.2, 0.25) is 23.6 Å². The first-order chi connectivity index (χ1) is 32.3. The molecule has 4 aliphatic heterocycles. The summed E-state index contributed by atoms with van der Waals surface area (Å²) in [6.45, 7) is 4.96. The Bertz CT molecular complexity index is 2650. The van der Waals surface area contributed by atoms with Crippen LogP contribution in [0, 0.1) is 0 Å². The lowest BCUT2D eigenvalue weighted by atomic mass is 9.71. The zero-order valence-corrected chi connectivity index (χ0v) is 37.6. The van der Waals surface area contributed by atoms with Gasteiger partial charge in [0.15, 0.2) is 0 Å². The van der Waals surface area contributed by atoms with Gasteiger partial charge in [-0.15, -0.1) is 0 Å². The van der Waals surface area contributed by atoms with Crippen LogP contribution in [-0.2, 0) is 44.4 Å². The van der Waals surface area contributed by atoms with Crippen LogP contribution in [-0.4, -0.2) is 142 Å². The van der Waals surface area contributed by atoms with Crippen molar-refractivity contribution in [3.05, 3.63) is 118 Å². The summed E-state index contributed by atoms with van der Waals surface area (Å²) in [7, 11) is 3.50. The Morgan fingerprint density at radius 1 is 0.746 bits per heavy atom. The number of hydrogen-bond donors (Lipinski definition) is 4. The number of carbonyl (C=O) groups is 8. The number of amides is 8. The molecular weight excluding hydrogens is 857 g/mol. The van der Waals surface area contributed by atoms with E-state index in [0.29, 0.717) is 56.2 Å². The molecule has 3 aromatic carbocycles. The maximum Gasteiger partial charge on any atom is 0.268 e. The molecule has 1 aromatic heterocycles. The molecule has 5 aliphatic rings. The van der Waals surface area contributed by atoms with Crippen LogP contribution in [0.1, 0.15) is 90.5 Å². The van der Waals surface area contributed by atoms with E-state index in [1.165, 1.54) is 17.8 Å². The number of carbonyl (C=O) groups excluding carboxylic acids is 8. The number of nitrogens with one attached hydrogen (secondary N) is 4. The fourth-order valence-corrected chi connectivity index (χ4v) is 9.96. The van der Waals surface area contributed by atoms with E-state index < -0.39 is 29.7 Å².